The highest BCUT2D eigenvalue weighted by atomic mass is 35.5. The molecule has 162 valence electrons. The van der Waals surface area contributed by atoms with E-state index >= 15 is 0 Å². The van der Waals surface area contributed by atoms with Crippen LogP contribution in [-0.4, -0.2) is 64.4 Å². The van der Waals surface area contributed by atoms with Crippen molar-refractivity contribution >= 4 is 23.5 Å². The zero-order chi connectivity index (χ0) is 21.5. The molecular weight excluding hydrogens is 400 g/mol. The van der Waals surface area contributed by atoms with E-state index in [0.717, 1.165) is 37.0 Å². The smallest absolute Gasteiger partial charge is 0.227 e. The molecule has 1 aliphatic rings. The fourth-order valence-electron chi connectivity index (χ4n) is 3.66. The Labute approximate surface area is 183 Å². The van der Waals surface area contributed by atoms with Crippen LogP contribution in [0.3, 0.4) is 0 Å². The van der Waals surface area contributed by atoms with Crippen LogP contribution in [0.1, 0.15) is 25.2 Å². The number of benzene rings is 1. The number of aliphatic imine (C=N–C) groups is 1. The quantitative estimate of drug-likeness (QED) is 0.565. The number of amides is 1. The molecule has 0 bridgehead atoms. The maximum atomic E-state index is 12.6. The molecule has 2 aromatic rings. The highest BCUT2D eigenvalue weighted by molar-refractivity contribution is 6.30. The van der Waals surface area contributed by atoms with Crippen LogP contribution in [0.15, 0.2) is 41.7 Å². The molecule has 1 aliphatic heterocycles. The number of halogens is 1. The van der Waals surface area contributed by atoms with Gasteiger partial charge in [-0.15, -0.1) is 0 Å². The predicted molar refractivity (Wildman–Crippen MR) is 121 cm³/mol. The van der Waals surface area contributed by atoms with Crippen LogP contribution in [0, 0.1) is 5.92 Å². The lowest BCUT2D eigenvalue weighted by molar-refractivity contribution is -0.131. The monoisotopic (exact) mass is 430 g/mol. The first-order chi connectivity index (χ1) is 14.5. The van der Waals surface area contributed by atoms with E-state index in [1.165, 1.54) is 0 Å². The van der Waals surface area contributed by atoms with Gasteiger partial charge in [0.2, 0.25) is 5.91 Å². The maximum Gasteiger partial charge on any atom is 0.227 e. The van der Waals surface area contributed by atoms with Crippen molar-refractivity contribution in [3.63, 3.8) is 0 Å². The highest BCUT2D eigenvalue weighted by Gasteiger charge is 2.23. The number of imidazole rings is 1. The molecule has 1 fully saturated rings. The molecular formula is C22H31ClN6O. The Morgan fingerprint density at radius 1 is 1.23 bits per heavy atom. The summed E-state index contributed by atoms with van der Waals surface area (Å²) in [6.45, 7) is 8.84. The molecule has 7 nitrogen and oxygen atoms in total. The molecule has 1 saturated heterocycles. The van der Waals surface area contributed by atoms with E-state index in [9.17, 15) is 4.79 Å². The second-order valence-electron chi connectivity index (χ2n) is 7.96. The van der Waals surface area contributed by atoms with E-state index in [0.29, 0.717) is 37.0 Å². The summed E-state index contributed by atoms with van der Waals surface area (Å²) in [4.78, 5) is 25.6. The third-order valence-electron chi connectivity index (χ3n) is 5.16. The minimum absolute atomic E-state index is 0.135. The van der Waals surface area contributed by atoms with E-state index in [4.69, 9.17) is 11.6 Å². The van der Waals surface area contributed by atoms with Gasteiger partial charge in [-0.05, 0) is 23.6 Å². The van der Waals surface area contributed by atoms with E-state index in [-0.39, 0.29) is 5.91 Å². The Bertz CT molecular complexity index is 870. The Morgan fingerprint density at radius 2 is 1.97 bits per heavy atom. The Hall–Kier alpha value is -2.54. The van der Waals surface area contributed by atoms with Gasteiger partial charge >= 0.3 is 0 Å². The predicted octanol–water partition coefficient (Wildman–Crippen LogP) is 2.65. The van der Waals surface area contributed by atoms with Crippen LogP contribution in [0.25, 0.3) is 0 Å². The first-order valence-corrected chi connectivity index (χ1v) is 10.8. The summed E-state index contributed by atoms with van der Waals surface area (Å²) in [5, 5.41) is 4.08. The molecule has 0 saturated carbocycles. The summed E-state index contributed by atoms with van der Waals surface area (Å²) in [6.07, 6.45) is 4.24. The van der Waals surface area contributed by atoms with Gasteiger partial charge in [-0.2, -0.15) is 0 Å². The van der Waals surface area contributed by atoms with Gasteiger partial charge in [0.05, 0.1) is 13.0 Å². The number of hydrogen-bond acceptors (Lipinski definition) is 3. The van der Waals surface area contributed by atoms with Crippen LogP contribution >= 0.6 is 11.6 Å². The van der Waals surface area contributed by atoms with Crippen molar-refractivity contribution in [2.45, 2.75) is 33.4 Å². The summed E-state index contributed by atoms with van der Waals surface area (Å²) in [6, 6.07) is 7.49. The summed E-state index contributed by atoms with van der Waals surface area (Å²) in [5.74, 6) is 2.54. The highest BCUT2D eigenvalue weighted by Crippen LogP contribution is 2.13. The largest absolute Gasteiger partial charge is 0.349 e. The fourth-order valence-corrected chi connectivity index (χ4v) is 3.87. The molecule has 1 N–H and O–H groups in total. The third kappa shape index (κ3) is 5.98. The molecule has 1 amide bonds. The van der Waals surface area contributed by atoms with Gasteiger partial charge in [-0.3, -0.25) is 9.79 Å². The van der Waals surface area contributed by atoms with Crippen molar-refractivity contribution in [2.75, 3.05) is 33.2 Å². The van der Waals surface area contributed by atoms with E-state index in [2.05, 4.69) is 38.6 Å². The topological polar surface area (TPSA) is 65.8 Å². The molecule has 1 aromatic carbocycles. The number of carbonyl (C=O) groups excluding carboxylic acids is 1. The average molecular weight is 431 g/mol. The number of guanidine groups is 1. The fraction of sp³-hybridized carbons (Fsp3) is 0.500. The van der Waals surface area contributed by atoms with Gasteiger partial charge in [0.25, 0.3) is 0 Å². The summed E-state index contributed by atoms with van der Waals surface area (Å²) in [7, 11) is 1.79. The zero-order valence-electron chi connectivity index (χ0n) is 18.0. The molecule has 2 heterocycles. The lowest BCUT2D eigenvalue weighted by Crippen LogP contribution is -2.54. The van der Waals surface area contributed by atoms with Crippen molar-refractivity contribution in [1.29, 1.82) is 0 Å². The zero-order valence-corrected chi connectivity index (χ0v) is 18.8. The molecule has 0 unspecified atom stereocenters. The molecule has 30 heavy (non-hydrogen) atoms. The van der Waals surface area contributed by atoms with Crippen LogP contribution in [0.4, 0.5) is 0 Å². The minimum atomic E-state index is 0.135. The summed E-state index contributed by atoms with van der Waals surface area (Å²) >= 11 is 6.03. The SMILES string of the molecule is CN=C(NCc1nccn1CC(C)C)N1CCN(C(=O)Cc2cccc(Cl)c2)CC1. The van der Waals surface area contributed by atoms with E-state index in [1.807, 2.05) is 41.6 Å². The molecule has 0 atom stereocenters. The number of carbonyl (C=O) groups is 1. The third-order valence-corrected chi connectivity index (χ3v) is 5.39. The second kappa shape index (κ2) is 10.5. The van der Waals surface area contributed by atoms with Gasteiger partial charge in [0.15, 0.2) is 5.96 Å². The molecule has 0 radical (unpaired) electrons. The van der Waals surface area contributed by atoms with Gasteiger partial charge in [-0.1, -0.05) is 37.6 Å². The van der Waals surface area contributed by atoms with E-state index < -0.39 is 0 Å². The molecule has 0 spiro atoms. The van der Waals surface area contributed by atoms with Gasteiger partial charge in [-0.25, -0.2) is 4.98 Å². The number of aromatic nitrogens is 2. The number of piperazine rings is 1. The Balaban J connectivity index is 1.49. The molecule has 3 rings (SSSR count). The first-order valence-electron chi connectivity index (χ1n) is 10.4. The lowest BCUT2D eigenvalue weighted by Gasteiger charge is -2.36. The maximum absolute atomic E-state index is 12.6. The van der Waals surface area contributed by atoms with Crippen LogP contribution in [0.2, 0.25) is 5.02 Å². The normalized spacial score (nSPS) is 15.0. The number of hydrogen-bond donors (Lipinski definition) is 1. The molecule has 0 aliphatic carbocycles. The number of nitrogens with one attached hydrogen (secondary N) is 1. The Kier molecular flexibility index (Phi) is 7.74. The summed E-state index contributed by atoms with van der Waals surface area (Å²) in [5.41, 5.74) is 0.948. The van der Waals surface area contributed by atoms with Crippen molar-refractivity contribution in [3.05, 3.63) is 53.1 Å². The molecule has 8 heteroatoms. The van der Waals surface area contributed by atoms with Gasteiger partial charge in [0, 0.05) is 57.2 Å². The lowest BCUT2D eigenvalue weighted by atomic mass is 10.1. The van der Waals surface area contributed by atoms with Crippen LogP contribution < -0.4 is 5.32 Å². The van der Waals surface area contributed by atoms with Crippen molar-refractivity contribution in [3.8, 4) is 0 Å². The average Bonchev–Trinajstić information content (AvgIpc) is 3.15. The molecule has 1 aromatic heterocycles. The number of nitrogens with zero attached hydrogens (tertiary/aromatic N) is 5. The Morgan fingerprint density at radius 3 is 2.63 bits per heavy atom. The first kappa shape index (κ1) is 22.2. The van der Waals surface area contributed by atoms with Crippen molar-refractivity contribution < 1.29 is 4.79 Å². The standard InChI is InChI=1S/C22H31ClN6O/c1-17(2)16-29-8-7-25-20(29)15-26-22(24-3)28-11-9-27(10-12-28)21(30)14-18-5-4-6-19(23)13-18/h4-8,13,17H,9-12,14-16H2,1-3H3,(H,24,26). The van der Waals surface area contributed by atoms with Crippen LogP contribution in [-0.2, 0) is 24.3 Å². The van der Waals surface area contributed by atoms with Crippen molar-refractivity contribution in [2.24, 2.45) is 10.9 Å². The number of rotatable bonds is 6. The minimum Gasteiger partial charge on any atom is -0.349 e. The van der Waals surface area contributed by atoms with Gasteiger partial charge < -0.3 is 19.7 Å². The summed E-state index contributed by atoms with van der Waals surface area (Å²) < 4.78 is 2.18. The van der Waals surface area contributed by atoms with E-state index in [1.54, 1.807) is 7.05 Å². The second-order valence-corrected chi connectivity index (χ2v) is 8.40. The van der Waals surface area contributed by atoms with Gasteiger partial charge in [0.1, 0.15) is 5.82 Å². The van der Waals surface area contributed by atoms with Crippen LogP contribution in [0.5, 0.6) is 0 Å². The van der Waals surface area contributed by atoms with Crippen molar-refractivity contribution in [1.82, 2.24) is 24.7 Å².